The van der Waals surface area contributed by atoms with Crippen molar-refractivity contribution in [1.82, 2.24) is 14.5 Å². The van der Waals surface area contributed by atoms with Crippen molar-refractivity contribution >= 4 is 46.2 Å². The summed E-state index contributed by atoms with van der Waals surface area (Å²) in [4.78, 5) is 9.44. The van der Waals surface area contributed by atoms with Gasteiger partial charge in [0, 0.05) is 42.3 Å². The molecule has 3 aromatic heterocycles. The van der Waals surface area contributed by atoms with E-state index in [1.54, 1.807) is 12.1 Å². The van der Waals surface area contributed by atoms with E-state index in [0.717, 1.165) is 73.3 Å². The van der Waals surface area contributed by atoms with Gasteiger partial charge in [-0.25, -0.2) is 0 Å². The van der Waals surface area contributed by atoms with E-state index in [9.17, 15) is 0 Å². The summed E-state index contributed by atoms with van der Waals surface area (Å²) in [5, 5.41) is 3.37. The van der Waals surface area contributed by atoms with E-state index in [0.29, 0.717) is 5.56 Å². The van der Waals surface area contributed by atoms with Crippen molar-refractivity contribution in [3.63, 3.8) is 0 Å². The molecule has 0 aliphatic rings. The normalized spacial score (nSPS) is 12.5. The van der Waals surface area contributed by atoms with Crippen LogP contribution in [0.1, 0.15) is 16.6 Å². The molecule has 0 unspecified atom stereocenters. The molecule has 0 atom stereocenters. The van der Waals surface area contributed by atoms with Crippen LogP contribution >= 0.6 is 0 Å². The fourth-order valence-corrected chi connectivity index (χ4v) is 6.99. The molecular formula is C42H37IrN3OSi-2. The fourth-order valence-electron chi connectivity index (χ4n) is 5.95. The van der Waals surface area contributed by atoms with Gasteiger partial charge in [-0.1, -0.05) is 109 Å². The SMILES string of the molecule is C[Si](C)(C)c1ccc(-c2[c-]cccc2)nc1.[2H]C([2H])([2H])c1ccc(-c2c[c-]c(-c3nc4ccccc4n3CC)c3oc4ccccc4c23)cc1.[Ir]. The maximum absolute atomic E-state index is 7.67. The van der Waals surface area contributed by atoms with Gasteiger partial charge in [0.15, 0.2) is 0 Å². The van der Waals surface area contributed by atoms with Gasteiger partial charge in [0.05, 0.1) is 30.5 Å². The molecule has 0 saturated heterocycles. The summed E-state index contributed by atoms with van der Waals surface area (Å²) < 4.78 is 31.6. The van der Waals surface area contributed by atoms with Crippen molar-refractivity contribution < 1.29 is 28.6 Å². The molecule has 0 bridgehead atoms. The summed E-state index contributed by atoms with van der Waals surface area (Å²) in [6.07, 6.45) is 2.02. The molecule has 241 valence electrons. The number of hydrogen-bond donors (Lipinski definition) is 0. The van der Waals surface area contributed by atoms with Gasteiger partial charge in [0.25, 0.3) is 0 Å². The molecule has 4 nitrogen and oxygen atoms in total. The first-order chi connectivity index (χ1) is 24.0. The fraction of sp³-hybridized carbons (Fsp3) is 0.143. The molecule has 5 aromatic carbocycles. The first-order valence-corrected chi connectivity index (χ1v) is 19.4. The third kappa shape index (κ3) is 6.44. The van der Waals surface area contributed by atoms with Gasteiger partial charge in [0.2, 0.25) is 0 Å². The molecule has 0 saturated carbocycles. The first kappa shape index (κ1) is 29.5. The Morgan fingerprint density at radius 2 is 1.62 bits per heavy atom. The molecule has 0 spiro atoms. The van der Waals surface area contributed by atoms with Crippen LogP contribution in [0.4, 0.5) is 0 Å². The van der Waals surface area contributed by atoms with Crippen LogP contribution in [0.2, 0.25) is 19.6 Å². The number of benzene rings is 5. The number of nitrogens with zero attached hydrogens (tertiary/aromatic N) is 3. The zero-order valence-corrected chi connectivity index (χ0v) is 30.7. The number of pyridine rings is 1. The van der Waals surface area contributed by atoms with Crippen LogP contribution < -0.4 is 5.19 Å². The number of imidazole rings is 1. The molecule has 0 aliphatic heterocycles. The maximum atomic E-state index is 7.67. The second kappa shape index (κ2) is 13.9. The number of rotatable bonds is 5. The Kier molecular flexibility index (Phi) is 8.52. The van der Waals surface area contributed by atoms with Gasteiger partial charge in [-0.05, 0) is 48.2 Å². The van der Waals surface area contributed by atoms with Gasteiger partial charge in [-0.3, -0.25) is 4.98 Å². The number of para-hydroxylation sites is 3. The molecule has 3 heterocycles. The Bertz CT molecular complexity index is 2430. The quantitative estimate of drug-likeness (QED) is 0.128. The molecule has 0 aliphatic carbocycles. The molecule has 48 heavy (non-hydrogen) atoms. The van der Waals surface area contributed by atoms with Crippen LogP contribution in [0, 0.1) is 19.0 Å². The molecule has 0 fully saturated rings. The zero-order chi connectivity index (χ0) is 35.0. The maximum Gasteiger partial charge on any atom is 0.120 e. The van der Waals surface area contributed by atoms with E-state index >= 15 is 0 Å². The second-order valence-corrected chi connectivity index (χ2v) is 17.7. The van der Waals surface area contributed by atoms with Crippen LogP contribution in [-0.4, -0.2) is 22.6 Å². The predicted molar refractivity (Wildman–Crippen MR) is 199 cm³/mol. The Morgan fingerprint density at radius 1 is 0.854 bits per heavy atom. The van der Waals surface area contributed by atoms with Gasteiger partial charge in [0.1, 0.15) is 5.58 Å². The van der Waals surface area contributed by atoms with E-state index in [1.807, 2.05) is 91.1 Å². The van der Waals surface area contributed by atoms with Gasteiger partial charge in [-0.15, -0.1) is 48.0 Å². The minimum absolute atomic E-state index is 0. The second-order valence-electron chi connectivity index (χ2n) is 12.6. The van der Waals surface area contributed by atoms with Crippen LogP contribution in [0.3, 0.4) is 0 Å². The third-order valence-electron chi connectivity index (χ3n) is 8.46. The Balaban J connectivity index is 0.000000222. The molecular weight excluding hydrogens is 783 g/mol. The smallest absolute Gasteiger partial charge is 0.120 e. The van der Waals surface area contributed by atoms with Crippen LogP contribution in [0.5, 0.6) is 0 Å². The molecule has 6 heteroatoms. The summed E-state index contributed by atoms with van der Waals surface area (Å²) in [5.41, 5.74) is 8.57. The summed E-state index contributed by atoms with van der Waals surface area (Å²) in [6.45, 7) is 7.73. The summed E-state index contributed by atoms with van der Waals surface area (Å²) >= 11 is 0. The average molecular weight is 823 g/mol. The number of hydrogen-bond acceptors (Lipinski definition) is 3. The minimum Gasteiger partial charge on any atom is -0.501 e. The summed E-state index contributed by atoms with van der Waals surface area (Å²) in [6, 6.07) is 44.0. The van der Waals surface area contributed by atoms with Crippen molar-refractivity contribution in [2.75, 3.05) is 0 Å². The summed E-state index contributed by atoms with van der Waals surface area (Å²) in [5.74, 6) is 0.817. The number of aryl methyl sites for hydroxylation is 2. The number of fused-ring (bicyclic) bond motifs is 4. The van der Waals surface area contributed by atoms with Crippen molar-refractivity contribution in [2.24, 2.45) is 0 Å². The van der Waals surface area contributed by atoms with Crippen LogP contribution in [-0.2, 0) is 26.7 Å². The molecule has 8 rings (SSSR count). The molecule has 0 amide bonds. The van der Waals surface area contributed by atoms with E-state index in [1.165, 1.54) is 5.19 Å². The van der Waals surface area contributed by atoms with Gasteiger partial charge < -0.3 is 14.0 Å². The van der Waals surface area contributed by atoms with Crippen molar-refractivity contribution in [1.29, 1.82) is 0 Å². The van der Waals surface area contributed by atoms with Crippen LogP contribution in [0.15, 0.2) is 126 Å². The topological polar surface area (TPSA) is 43.9 Å². The van der Waals surface area contributed by atoms with Crippen LogP contribution in [0.25, 0.3) is 66.7 Å². The zero-order valence-electron chi connectivity index (χ0n) is 30.3. The molecule has 1 radical (unpaired) electrons. The molecule has 0 N–H and O–H groups in total. The third-order valence-corrected chi connectivity index (χ3v) is 10.5. The van der Waals surface area contributed by atoms with Gasteiger partial charge in [-0.2, -0.15) is 0 Å². The number of furan rings is 1. The Hall–Kier alpha value is -4.61. The van der Waals surface area contributed by atoms with Gasteiger partial charge >= 0.3 is 0 Å². The summed E-state index contributed by atoms with van der Waals surface area (Å²) in [7, 11) is -1.23. The first-order valence-electron chi connectivity index (χ1n) is 17.4. The number of aromatic nitrogens is 3. The Labute approximate surface area is 301 Å². The van der Waals surface area contributed by atoms with Crippen molar-refractivity contribution in [3.05, 3.63) is 139 Å². The Morgan fingerprint density at radius 3 is 2.33 bits per heavy atom. The monoisotopic (exact) mass is 823 g/mol. The van der Waals surface area contributed by atoms with Crippen molar-refractivity contribution in [3.8, 4) is 33.8 Å². The minimum atomic E-state index is -2.13. The average Bonchev–Trinajstić information content (AvgIpc) is 3.70. The van der Waals surface area contributed by atoms with Crippen molar-refractivity contribution in [2.45, 2.75) is 40.0 Å². The van der Waals surface area contributed by atoms with E-state index < -0.39 is 14.9 Å². The molecule has 8 aromatic rings. The largest absolute Gasteiger partial charge is 0.501 e. The van der Waals surface area contributed by atoms with E-state index in [-0.39, 0.29) is 20.1 Å². The van der Waals surface area contributed by atoms with E-state index in [2.05, 4.69) is 66.4 Å². The van der Waals surface area contributed by atoms with E-state index in [4.69, 9.17) is 13.5 Å². The standard InChI is InChI=1S/C28H21N2O.C14H16NSi.Ir/c1-3-30-24-10-6-5-9-23(24)29-28(30)22-17-16-20(19-14-12-18(2)13-15-19)26-21-8-4-7-11-25(21)31-27(22)26;1-16(2,3)13-9-10-14(15-11-13)12-7-5-4-6-8-12;/h4-16H,3H2,1-2H3;4-7,9-11H,1-3H3;/q2*-1;/i2D3;;. The predicted octanol–water partition coefficient (Wildman–Crippen LogP) is 10.5.